The molecule has 1 aliphatic heterocycles. The van der Waals surface area contributed by atoms with Gasteiger partial charge >= 0.3 is 0 Å². The molecule has 4 rings (SSSR count). The van der Waals surface area contributed by atoms with Crippen molar-refractivity contribution in [3.05, 3.63) is 29.2 Å². The zero-order chi connectivity index (χ0) is 16.5. The number of hydrogen-bond donors (Lipinski definition) is 1. The van der Waals surface area contributed by atoms with Crippen LogP contribution in [0.15, 0.2) is 10.6 Å². The molecule has 0 bridgehead atoms. The molecule has 130 valence electrons. The molecule has 1 unspecified atom stereocenters. The van der Waals surface area contributed by atoms with Gasteiger partial charge in [0.2, 0.25) is 5.89 Å². The van der Waals surface area contributed by atoms with E-state index in [1.165, 1.54) is 25.7 Å². The molecule has 7 heteroatoms. The van der Waals surface area contributed by atoms with Crippen LogP contribution in [0.5, 0.6) is 0 Å². The van der Waals surface area contributed by atoms with E-state index in [0.29, 0.717) is 18.9 Å². The van der Waals surface area contributed by atoms with E-state index in [9.17, 15) is 5.11 Å². The summed E-state index contributed by atoms with van der Waals surface area (Å²) in [5.74, 6) is 2.06. The smallest absolute Gasteiger partial charge is 0.229 e. The highest BCUT2D eigenvalue weighted by atomic mass is 16.5. The lowest BCUT2D eigenvalue weighted by Gasteiger charge is -2.26. The molecule has 0 amide bonds. The molecule has 0 spiro atoms. The second kappa shape index (κ2) is 6.64. The lowest BCUT2D eigenvalue weighted by Crippen LogP contribution is -2.33. The van der Waals surface area contributed by atoms with Gasteiger partial charge < -0.3 is 9.63 Å². The normalized spacial score (nSPS) is 20.4. The van der Waals surface area contributed by atoms with E-state index in [1.807, 2.05) is 17.7 Å². The number of aromatic nitrogens is 4. The summed E-state index contributed by atoms with van der Waals surface area (Å²) < 4.78 is 7.48. The van der Waals surface area contributed by atoms with Crippen molar-refractivity contribution >= 4 is 0 Å². The maximum atomic E-state index is 9.96. The van der Waals surface area contributed by atoms with Gasteiger partial charge in [0.1, 0.15) is 0 Å². The summed E-state index contributed by atoms with van der Waals surface area (Å²) in [7, 11) is 0. The standard InChI is InChI=1S/C17H25N5O2/c1-2-15(23)14-9-13-10-21(7-8-22(13)19-14)11-16-18-17(24-20-16)12-5-3-4-6-12/h9,12,15,23H,2-8,10-11H2,1H3. The third kappa shape index (κ3) is 3.10. The molecule has 2 aromatic rings. The van der Waals surface area contributed by atoms with Gasteiger partial charge in [-0.2, -0.15) is 10.1 Å². The number of nitrogens with zero attached hydrogens (tertiary/aromatic N) is 5. The first-order chi connectivity index (χ1) is 11.7. The molecule has 2 aromatic heterocycles. The fourth-order valence-electron chi connectivity index (χ4n) is 3.72. The van der Waals surface area contributed by atoms with E-state index in [4.69, 9.17) is 4.52 Å². The Kier molecular flexibility index (Phi) is 4.37. The summed E-state index contributed by atoms with van der Waals surface area (Å²) in [5.41, 5.74) is 1.92. The Balaban J connectivity index is 1.40. The Labute approximate surface area is 141 Å². The SMILES string of the molecule is CCC(O)c1cc2n(n1)CCN(Cc1noc(C3CCCC3)n1)C2. The molecule has 1 saturated carbocycles. The van der Waals surface area contributed by atoms with Gasteiger partial charge in [0.05, 0.1) is 30.6 Å². The van der Waals surface area contributed by atoms with Crippen LogP contribution in [0.25, 0.3) is 0 Å². The fourth-order valence-corrected chi connectivity index (χ4v) is 3.72. The Morgan fingerprint density at radius 1 is 1.33 bits per heavy atom. The van der Waals surface area contributed by atoms with Gasteiger partial charge in [-0.25, -0.2) is 0 Å². The van der Waals surface area contributed by atoms with E-state index in [2.05, 4.69) is 20.1 Å². The van der Waals surface area contributed by atoms with E-state index < -0.39 is 6.10 Å². The molecule has 0 saturated heterocycles. The van der Waals surface area contributed by atoms with Gasteiger partial charge in [0.15, 0.2) is 5.82 Å². The first kappa shape index (κ1) is 15.8. The number of hydrogen-bond acceptors (Lipinski definition) is 6. The van der Waals surface area contributed by atoms with Crippen LogP contribution in [0.1, 0.15) is 74.2 Å². The van der Waals surface area contributed by atoms with Crippen LogP contribution in [0.3, 0.4) is 0 Å². The van der Waals surface area contributed by atoms with E-state index in [1.54, 1.807) is 0 Å². The number of aliphatic hydroxyl groups excluding tert-OH is 1. The van der Waals surface area contributed by atoms with Crippen molar-refractivity contribution in [1.29, 1.82) is 0 Å². The second-order valence-corrected chi connectivity index (χ2v) is 6.95. The summed E-state index contributed by atoms with van der Waals surface area (Å²) in [6, 6.07) is 2.01. The summed E-state index contributed by atoms with van der Waals surface area (Å²) in [6.07, 6.45) is 5.10. The Hall–Kier alpha value is -1.73. The highest BCUT2D eigenvalue weighted by Crippen LogP contribution is 2.33. The minimum absolute atomic E-state index is 0.465. The van der Waals surface area contributed by atoms with Gasteiger partial charge in [0, 0.05) is 19.0 Å². The van der Waals surface area contributed by atoms with Crippen LogP contribution in [-0.2, 0) is 19.6 Å². The molecule has 0 aromatic carbocycles. The highest BCUT2D eigenvalue weighted by molar-refractivity contribution is 5.14. The third-order valence-electron chi connectivity index (χ3n) is 5.18. The van der Waals surface area contributed by atoms with Crippen LogP contribution in [-0.4, -0.2) is 36.5 Å². The minimum atomic E-state index is -0.470. The molecule has 24 heavy (non-hydrogen) atoms. The molecule has 1 fully saturated rings. The highest BCUT2D eigenvalue weighted by Gasteiger charge is 2.25. The quantitative estimate of drug-likeness (QED) is 0.906. The van der Waals surface area contributed by atoms with Gasteiger partial charge in [0.25, 0.3) is 0 Å². The van der Waals surface area contributed by atoms with Crippen molar-refractivity contribution < 1.29 is 9.63 Å². The van der Waals surface area contributed by atoms with Crippen LogP contribution in [0.4, 0.5) is 0 Å². The van der Waals surface area contributed by atoms with Gasteiger partial charge in [-0.05, 0) is 25.3 Å². The zero-order valence-electron chi connectivity index (χ0n) is 14.2. The molecular formula is C17H25N5O2. The number of fused-ring (bicyclic) bond motifs is 1. The van der Waals surface area contributed by atoms with Gasteiger partial charge in [-0.15, -0.1) is 0 Å². The second-order valence-electron chi connectivity index (χ2n) is 6.95. The lowest BCUT2D eigenvalue weighted by atomic mass is 10.1. The first-order valence-corrected chi connectivity index (χ1v) is 9.02. The predicted molar refractivity (Wildman–Crippen MR) is 87.1 cm³/mol. The number of rotatable bonds is 5. The lowest BCUT2D eigenvalue weighted by molar-refractivity contribution is 0.166. The molecule has 1 N–H and O–H groups in total. The molecule has 7 nitrogen and oxygen atoms in total. The average molecular weight is 331 g/mol. The van der Waals surface area contributed by atoms with Crippen LogP contribution >= 0.6 is 0 Å². The molecule has 1 aliphatic carbocycles. The van der Waals surface area contributed by atoms with Crippen molar-refractivity contribution in [3.8, 4) is 0 Å². The zero-order valence-corrected chi connectivity index (χ0v) is 14.2. The number of aliphatic hydroxyl groups is 1. The maximum Gasteiger partial charge on any atom is 0.229 e. The van der Waals surface area contributed by atoms with E-state index in [0.717, 1.165) is 42.7 Å². The maximum absolute atomic E-state index is 9.96. The average Bonchev–Trinajstić information content (AvgIpc) is 3.33. The van der Waals surface area contributed by atoms with Crippen molar-refractivity contribution in [3.63, 3.8) is 0 Å². The monoisotopic (exact) mass is 331 g/mol. The predicted octanol–water partition coefficient (Wildman–Crippen LogP) is 2.38. The molecule has 3 heterocycles. The summed E-state index contributed by atoms with van der Waals surface area (Å²) >= 11 is 0. The van der Waals surface area contributed by atoms with Crippen LogP contribution in [0.2, 0.25) is 0 Å². The minimum Gasteiger partial charge on any atom is -0.387 e. The van der Waals surface area contributed by atoms with Crippen molar-refractivity contribution in [2.45, 2.75) is 70.7 Å². The van der Waals surface area contributed by atoms with Crippen molar-refractivity contribution in [2.24, 2.45) is 0 Å². The van der Waals surface area contributed by atoms with Crippen LogP contribution in [0, 0.1) is 0 Å². The van der Waals surface area contributed by atoms with E-state index in [-0.39, 0.29) is 0 Å². The largest absolute Gasteiger partial charge is 0.387 e. The molecule has 0 radical (unpaired) electrons. The fraction of sp³-hybridized carbons (Fsp3) is 0.706. The van der Waals surface area contributed by atoms with E-state index >= 15 is 0 Å². The van der Waals surface area contributed by atoms with Gasteiger partial charge in [-0.1, -0.05) is 24.9 Å². The van der Waals surface area contributed by atoms with Crippen molar-refractivity contribution in [1.82, 2.24) is 24.8 Å². The Morgan fingerprint density at radius 3 is 2.96 bits per heavy atom. The topological polar surface area (TPSA) is 80.2 Å². The van der Waals surface area contributed by atoms with Crippen LogP contribution < -0.4 is 0 Å². The van der Waals surface area contributed by atoms with Crippen molar-refractivity contribution in [2.75, 3.05) is 6.54 Å². The van der Waals surface area contributed by atoms with Gasteiger partial charge in [-0.3, -0.25) is 9.58 Å². The molecule has 1 atom stereocenters. The molecular weight excluding hydrogens is 306 g/mol. The first-order valence-electron chi connectivity index (χ1n) is 9.02. The Bertz CT molecular complexity index is 689. The summed E-state index contributed by atoms with van der Waals surface area (Å²) in [4.78, 5) is 6.92. The molecule has 2 aliphatic rings. The third-order valence-corrected chi connectivity index (χ3v) is 5.18. The summed E-state index contributed by atoms with van der Waals surface area (Å²) in [5, 5.41) is 18.6. The Morgan fingerprint density at radius 2 is 2.17 bits per heavy atom. The summed E-state index contributed by atoms with van der Waals surface area (Å²) in [6.45, 7) is 5.21.